The van der Waals surface area contributed by atoms with Crippen molar-refractivity contribution in [2.45, 2.75) is 12.8 Å². The first-order chi connectivity index (χ1) is 10.3. The molecule has 3 rings (SSSR count). The lowest BCUT2D eigenvalue weighted by molar-refractivity contribution is 0.0668. The van der Waals surface area contributed by atoms with E-state index in [4.69, 9.17) is 0 Å². The van der Waals surface area contributed by atoms with Gasteiger partial charge in [0.25, 0.3) is 5.91 Å². The number of carbonyl (C=O) groups excluding carboxylic acids is 1. The van der Waals surface area contributed by atoms with Crippen molar-refractivity contribution in [3.05, 3.63) is 29.3 Å². The Balaban J connectivity index is 1.70. The van der Waals surface area contributed by atoms with Crippen molar-refractivity contribution in [3.63, 3.8) is 0 Å². The first-order valence-electron chi connectivity index (χ1n) is 7.31. The van der Waals surface area contributed by atoms with Crippen molar-refractivity contribution in [3.8, 4) is 10.6 Å². The van der Waals surface area contributed by atoms with Gasteiger partial charge in [-0.25, -0.2) is 0 Å². The Morgan fingerprint density at radius 3 is 3.29 bits per heavy atom. The van der Waals surface area contributed by atoms with Crippen LogP contribution in [0.5, 0.6) is 0 Å². The summed E-state index contributed by atoms with van der Waals surface area (Å²) in [5, 5.41) is 12.4. The first kappa shape index (κ1) is 14.3. The van der Waals surface area contributed by atoms with Crippen LogP contribution in [-0.2, 0) is 0 Å². The summed E-state index contributed by atoms with van der Waals surface area (Å²) < 4.78 is 0. The highest BCUT2D eigenvalue weighted by atomic mass is 32.1. The van der Waals surface area contributed by atoms with Gasteiger partial charge in [-0.3, -0.25) is 9.89 Å². The smallest absolute Gasteiger partial charge is 0.274 e. The monoisotopic (exact) mass is 304 g/mol. The summed E-state index contributed by atoms with van der Waals surface area (Å²) in [7, 11) is 1.96. The number of thiophene rings is 1. The van der Waals surface area contributed by atoms with Crippen LogP contribution in [0, 0.1) is 5.92 Å². The van der Waals surface area contributed by atoms with E-state index in [9.17, 15) is 4.79 Å². The van der Waals surface area contributed by atoms with Crippen LogP contribution in [-0.4, -0.2) is 47.7 Å². The number of aromatic amines is 1. The maximum Gasteiger partial charge on any atom is 0.274 e. The molecule has 2 aromatic heterocycles. The van der Waals surface area contributed by atoms with Gasteiger partial charge in [-0.15, -0.1) is 11.3 Å². The second-order valence-electron chi connectivity index (χ2n) is 5.46. The number of nitrogens with zero attached hydrogens (tertiary/aromatic N) is 2. The van der Waals surface area contributed by atoms with E-state index in [1.54, 1.807) is 11.3 Å². The van der Waals surface area contributed by atoms with Crippen LogP contribution < -0.4 is 5.32 Å². The Labute approximate surface area is 128 Å². The molecule has 112 valence electrons. The minimum Gasteiger partial charge on any atom is -0.337 e. The number of rotatable bonds is 4. The lowest BCUT2D eigenvalue weighted by Crippen LogP contribution is -2.42. The normalized spacial score (nSPS) is 18.9. The van der Waals surface area contributed by atoms with Gasteiger partial charge in [0.15, 0.2) is 5.69 Å². The maximum absolute atomic E-state index is 12.6. The van der Waals surface area contributed by atoms with Crippen molar-refractivity contribution < 1.29 is 4.79 Å². The van der Waals surface area contributed by atoms with Crippen molar-refractivity contribution in [2.75, 3.05) is 26.7 Å². The molecule has 0 aliphatic carbocycles. The van der Waals surface area contributed by atoms with Gasteiger partial charge in [0.1, 0.15) is 0 Å². The average Bonchev–Trinajstić information content (AvgIpc) is 3.18. The summed E-state index contributed by atoms with van der Waals surface area (Å²) in [6, 6.07) is 5.88. The van der Waals surface area contributed by atoms with Crippen LogP contribution in [0.4, 0.5) is 0 Å². The second kappa shape index (κ2) is 6.41. The molecular weight excluding hydrogens is 284 g/mol. The van der Waals surface area contributed by atoms with Crippen molar-refractivity contribution in [1.29, 1.82) is 0 Å². The highest BCUT2D eigenvalue weighted by Crippen LogP contribution is 2.24. The molecule has 0 spiro atoms. The molecule has 0 bridgehead atoms. The van der Waals surface area contributed by atoms with E-state index in [0.29, 0.717) is 11.6 Å². The lowest BCUT2D eigenvalue weighted by atomic mass is 9.98. The zero-order valence-electron chi connectivity index (χ0n) is 12.1. The Hall–Kier alpha value is -1.66. The molecular formula is C15H20N4OS. The molecule has 0 aromatic carbocycles. The van der Waals surface area contributed by atoms with E-state index < -0.39 is 0 Å². The van der Waals surface area contributed by atoms with Crippen LogP contribution >= 0.6 is 11.3 Å². The Morgan fingerprint density at radius 1 is 1.62 bits per heavy atom. The van der Waals surface area contributed by atoms with Crippen molar-refractivity contribution >= 4 is 17.2 Å². The average molecular weight is 304 g/mol. The van der Waals surface area contributed by atoms with Gasteiger partial charge in [-0.05, 0) is 49.9 Å². The number of aromatic nitrogens is 2. The van der Waals surface area contributed by atoms with Crippen LogP contribution in [0.3, 0.4) is 0 Å². The van der Waals surface area contributed by atoms with E-state index in [2.05, 4.69) is 15.5 Å². The fourth-order valence-corrected chi connectivity index (χ4v) is 3.55. The predicted octanol–water partition coefficient (Wildman–Crippen LogP) is 2.21. The van der Waals surface area contributed by atoms with Crippen LogP contribution in [0.2, 0.25) is 0 Å². The molecule has 21 heavy (non-hydrogen) atoms. The quantitative estimate of drug-likeness (QED) is 0.910. The summed E-state index contributed by atoms with van der Waals surface area (Å²) in [6.07, 6.45) is 2.26. The molecule has 0 saturated carbocycles. The topological polar surface area (TPSA) is 61.0 Å². The molecule has 6 heteroatoms. The minimum atomic E-state index is 0.0369. The highest BCUT2D eigenvalue weighted by molar-refractivity contribution is 7.13. The minimum absolute atomic E-state index is 0.0369. The Bertz CT molecular complexity index is 591. The van der Waals surface area contributed by atoms with Crippen LogP contribution in [0.1, 0.15) is 23.3 Å². The molecule has 1 aliphatic rings. The predicted molar refractivity (Wildman–Crippen MR) is 84.5 cm³/mol. The number of hydrogen-bond acceptors (Lipinski definition) is 4. The summed E-state index contributed by atoms with van der Waals surface area (Å²) in [5.41, 5.74) is 1.43. The molecule has 1 atom stereocenters. The van der Waals surface area contributed by atoms with Crippen molar-refractivity contribution in [2.24, 2.45) is 5.92 Å². The van der Waals surface area contributed by atoms with Gasteiger partial charge >= 0.3 is 0 Å². The number of nitrogens with one attached hydrogen (secondary N) is 2. The molecule has 1 unspecified atom stereocenters. The number of H-pyrrole nitrogens is 1. The van der Waals surface area contributed by atoms with Gasteiger partial charge in [0, 0.05) is 13.1 Å². The summed E-state index contributed by atoms with van der Waals surface area (Å²) in [5.74, 6) is 0.582. The summed E-state index contributed by atoms with van der Waals surface area (Å²) in [4.78, 5) is 15.6. The maximum atomic E-state index is 12.6. The number of hydrogen-bond donors (Lipinski definition) is 2. The zero-order chi connectivity index (χ0) is 14.7. The highest BCUT2D eigenvalue weighted by Gasteiger charge is 2.25. The molecule has 3 heterocycles. The first-order valence-corrected chi connectivity index (χ1v) is 8.19. The molecule has 1 amide bonds. The lowest BCUT2D eigenvalue weighted by Gasteiger charge is -2.32. The molecule has 2 N–H and O–H groups in total. The van der Waals surface area contributed by atoms with E-state index >= 15 is 0 Å². The number of likely N-dealkylation sites (tertiary alicyclic amines) is 1. The van der Waals surface area contributed by atoms with Gasteiger partial charge in [0.05, 0.1) is 10.6 Å². The summed E-state index contributed by atoms with van der Waals surface area (Å²) in [6.45, 7) is 2.62. The standard InChI is InChI=1S/C15H20N4OS/c1-16-9-11-4-2-6-19(10-11)15(20)13-8-12(17-18-13)14-5-3-7-21-14/h3,5,7-8,11,16H,2,4,6,9-10H2,1H3,(H,17,18). The molecule has 5 nitrogen and oxygen atoms in total. The van der Waals surface area contributed by atoms with E-state index in [1.807, 2.05) is 35.5 Å². The van der Waals surface area contributed by atoms with Crippen LogP contribution in [0.15, 0.2) is 23.6 Å². The SMILES string of the molecule is CNCC1CCCN(C(=O)c2cc(-c3cccs3)[nH]n2)C1. The fourth-order valence-electron chi connectivity index (χ4n) is 2.86. The largest absolute Gasteiger partial charge is 0.337 e. The number of carbonyl (C=O) groups is 1. The molecule has 1 saturated heterocycles. The van der Waals surface area contributed by atoms with E-state index in [1.165, 1.54) is 6.42 Å². The summed E-state index contributed by atoms with van der Waals surface area (Å²) >= 11 is 1.64. The number of amides is 1. The molecule has 1 aliphatic heterocycles. The third kappa shape index (κ3) is 3.16. The second-order valence-corrected chi connectivity index (χ2v) is 6.41. The van der Waals surface area contributed by atoms with Crippen LogP contribution in [0.25, 0.3) is 10.6 Å². The zero-order valence-corrected chi connectivity index (χ0v) is 12.9. The van der Waals surface area contributed by atoms with E-state index in [-0.39, 0.29) is 5.91 Å². The molecule has 0 radical (unpaired) electrons. The number of piperidine rings is 1. The van der Waals surface area contributed by atoms with Crippen molar-refractivity contribution in [1.82, 2.24) is 20.4 Å². The molecule has 2 aromatic rings. The Kier molecular flexibility index (Phi) is 4.36. The third-order valence-electron chi connectivity index (χ3n) is 3.88. The van der Waals surface area contributed by atoms with Gasteiger partial charge in [-0.1, -0.05) is 6.07 Å². The van der Waals surface area contributed by atoms with E-state index in [0.717, 1.165) is 36.6 Å². The van der Waals surface area contributed by atoms with Gasteiger partial charge in [0.2, 0.25) is 0 Å². The fraction of sp³-hybridized carbons (Fsp3) is 0.467. The third-order valence-corrected chi connectivity index (χ3v) is 4.79. The van der Waals surface area contributed by atoms with Gasteiger partial charge < -0.3 is 10.2 Å². The van der Waals surface area contributed by atoms with Gasteiger partial charge in [-0.2, -0.15) is 5.10 Å². The Morgan fingerprint density at radius 2 is 2.52 bits per heavy atom. The molecule has 1 fully saturated rings.